The molecule has 200 valence electrons. The molecule has 0 atom stereocenters. The Labute approximate surface area is 230 Å². The van der Waals surface area contributed by atoms with Gasteiger partial charge in [-0.3, -0.25) is 0 Å². The Balaban J connectivity index is 0.000000211. The van der Waals surface area contributed by atoms with Crippen LogP contribution in [-0.4, -0.2) is 44.6 Å². The molecule has 0 N–H and O–H groups in total. The molecular formula is C32H40O4Si2. The third kappa shape index (κ3) is 6.41. The minimum atomic E-state index is -2.58. The van der Waals surface area contributed by atoms with Crippen LogP contribution in [0.5, 0.6) is 0 Å². The van der Waals surface area contributed by atoms with E-state index in [9.17, 15) is 0 Å². The molecule has 0 radical (unpaired) electrons. The molecule has 0 aliphatic carbocycles. The molecule has 4 nitrogen and oxygen atoms in total. The molecule has 4 aromatic carbocycles. The first-order valence-corrected chi connectivity index (χ1v) is 16.7. The van der Waals surface area contributed by atoms with Crippen LogP contribution in [0.15, 0.2) is 109 Å². The Morgan fingerprint density at radius 1 is 0.474 bits per heavy atom. The molecule has 6 heteroatoms. The Morgan fingerprint density at radius 3 is 1.13 bits per heavy atom. The first kappa shape index (κ1) is 29.7. The first-order chi connectivity index (χ1) is 18.5. The lowest BCUT2D eigenvalue weighted by Gasteiger charge is -2.30. The topological polar surface area (TPSA) is 36.9 Å². The molecule has 0 saturated heterocycles. The van der Waals surface area contributed by atoms with E-state index < -0.39 is 17.1 Å². The Kier molecular flexibility index (Phi) is 11.2. The van der Waals surface area contributed by atoms with Crippen molar-refractivity contribution in [2.24, 2.45) is 0 Å². The molecule has 0 heterocycles. The average Bonchev–Trinajstić information content (AvgIpc) is 2.97. The summed E-state index contributed by atoms with van der Waals surface area (Å²) >= 11 is 0. The summed E-state index contributed by atoms with van der Waals surface area (Å²) in [5.41, 5.74) is 2.42. The maximum Gasteiger partial charge on any atom is 0.407 e. The van der Waals surface area contributed by atoms with E-state index in [1.165, 1.54) is 21.5 Å². The maximum absolute atomic E-state index is 6.16. The molecule has 0 aliphatic rings. The van der Waals surface area contributed by atoms with Crippen LogP contribution in [0.2, 0.25) is 0 Å². The zero-order chi connectivity index (χ0) is 27.4. The summed E-state index contributed by atoms with van der Waals surface area (Å²) in [6.45, 7) is 9.55. The number of benzene rings is 4. The lowest BCUT2D eigenvalue weighted by molar-refractivity contribution is 0.208. The molecule has 0 unspecified atom stereocenters. The van der Waals surface area contributed by atoms with Crippen LogP contribution in [0.4, 0.5) is 0 Å². The summed E-state index contributed by atoms with van der Waals surface area (Å²) in [4.78, 5) is 0. The fourth-order valence-electron chi connectivity index (χ4n) is 4.82. The van der Waals surface area contributed by atoms with Gasteiger partial charge in [0.2, 0.25) is 0 Å². The summed E-state index contributed by atoms with van der Waals surface area (Å²) in [5.74, 6) is 0. The van der Waals surface area contributed by atoms with Gasteiger partial charge in [-0.15, -0.1) is 0 Å². The van der Waals surface area contributed by atoms with Crippen molar-refractivity contribution in [3.8, 4) is 0 Å². The molecule has 0 bridgehead atoms. The molecule has 0 saturated carbocycles. The zero-order valence-electron chi connectivity index (χ0n) is 23.4. The van der Waals surface area contributed by atoms with Gasteiger partial charge in [-0.05, 0) is 49.2 Å². The monoisotopic (exact) mass is 544 g/mol. The lowest BCUT2D eigenvalue weighted by atomic mass is 10.2. The van der Waals surface area contributed by atoms with Gasteiger partial charge in [0.1, 0.15) is 0 Å². The third-order valence-corrected chi connectivity index (χ3v) is 13.8. The van der Waals surface area contributed by atoms with Gasteiger partial charge in [0.25, 0.3) is 0 Å². The van der Waals surface area contributed by atoms with E-state index in [0.717, 1.165) is 10.4 Å². The standard InChI is InChI=1S/2C16H20O2Si/c1-13-9-5-7-11-15(13)19(17-3,18-4)16-12-8-6-10-14(16)2;1-3-17-19(18-4-2,15-11-7-5-8-12-15)16-13-9-6-10-14-16/h5-12H,1-4H3;5-14H,3-4H2,1-2H3. The van der Waals surface area contributed by atoms with E-state index in [4.69, 9.17) is 17.7 Å². The van der Waals surface area contributed by atoms with Crippen LogP contribution in [0, 0.1) is 13.8 Å². The minimum absolute atomic E-state index is 0.649. The Bertz CT molecular complexity index is 1150. The molecule has 4 rings (SSSR count). The van der Waals surface area contributed by atoms with Gasteiger partial charge in [0, 0.05) is 37.8 Å². The van der Waals surface area contributed by atoms with E-state index in [0.29, 0.717) is 13.2 Å². The van der Waals surface area contributed by atoms with Gasteiger partial charge in [-0.25, -0.2) is 0 Å². The van der Waals surface area contributed by atoms with E-state index in [1.807, 2.05) is 74.5 Å². The quantitative estimate of drug-likeness (QED) is 0.276. The van der Waals surface area contributed by atoms with Crippen LogP contribution in [0.3, 0.4) is 0 Å². The normalized spacial score (nSPS) is 11.5. The van der Waals surface area contributed by atoms with E-state index >= 15 is 0 Å². The van der Waals surface area contributed by atoms with Gasteiger partial charge >= 0.3 is 17.1 Å². The van der Waals surface area contributed by atoms with Crippen molar-refractivity contribution in [1.82, 2.24) is 0 Å². The van der Waals surface area contributed by atoms with Crippen LogP contribution in [0.1, 0.15) is 25.0 Å². The van der Waals surface area contributed by atoms with Crippen LogP contribution in [0.25, 0.3) is 0 Å². The summed E-state index contributed by atoms with van der Waals surface area (Å²) < 4.78 is 24.2. The molecule has 0 aromatic heterocycles. The van der Waals surface area contributed by atoms with E-state index in [-0.39, 0.29) is 0 Å². The van der Waals surface area contributed by atoms with E-state index in [1.54, 1.807) is 14.2 Å². The number of aryl methyl sites for hydroxylation is 2. The van der Waals surface area contributed by atoms with Crippen LogP contribution >= 0.6 is 0 Å². The predicted molar refractivity (Wildman–Crippen MR) is 163 cm³/mol. The SMILES string of the molecule is CCO[Si](OCC)(c1ccccc1)c1ccccc1.CO[Si](OC)(c1ccccc1C)c1ccccc1C. The summed E-state index contributed by atoms with van der Waals surface area (Å²) in [6, 6.07) is 37.2. The molecule has 4 aromatic rings. The van der Waals surface area contributed by atoms with Crippen molar-refractivity contribution in [3.05, 3.63) is 120 Å². The first-order valence-electron chi connectivity index (χ1n) is 13.1. The molecule has 0 amide bonds. The van der Waals surface area contributed by atoms with E-state index in [2.05, 4.69) is 62.4 Å². The highest BCUT2D eigenvalue weighted by molar-refractivity contribution is 6.93. The molecule has 0 spiro atoms. The smallest absolute Gasteiger partial charge is 0.391 e. The highest BCUT2D eigenvalue weighted by Crippen LogP contribution is 2.13. The van der Waals surface area contributed by atoms with Crippen molar-refractivity contribution < 1.29 is 17.7 Å². The highest BCUT2D eigenvalue weighted by Gasteiger charge is 2.43. The lowest BCUT2D eigenvalue weighted by Crippen LogP contribution is -2.63. The largest absolute Gasteiger partial charge is 0.407 e. The van der Waals surface area contributed by atoms with Crippen molar-refractivity contribution in [2.75, 3.05) is 27.4 Å². The van der Waals surface area contributed by atoms with Crippen molar-refractivity contribution in [2.45, 2.75) is 27.7 Å². The Hall–Kier alpha value is -2.85. The number of hydrogen-bond acceptors (Lipinski definition) is 4. The summed E-state index contributed by atoms with van der Waals surface area (Å²) in [6.07, 6.45) is 0. The third-order valence-electron chi connectivity index (χ3n) is 6.58. The Morgan fingerprint density at radius 2 is 0.816 bits per heavy atom. The number of rotatable bonds is 10. The van der Waals surface area contributed by atoms with Crippen LogP contribution < -0.4 is 20.7 Å². The maximum atomic E-state index is 6.16. The predicted octanol–water partition coefficient (Wildman–Crippen LogP) is 4.47. The summed E-state index contributed by atoms with van der Waals surface area (Å²) in [7, 11) is -1.64. The second-order valence-electron chi connectivity index (χ2n) is 8.87. The second-order valence-corrected chi connectivity index (χ2v) is 15.0. The fourth-order valence-corrected chi connectivity index (χ4v) is 11.1. The zero-order valence-corrected chi connectivity index (χ0v) is 25.4. The fraction of sp³-hybridized carbons (Fsp3) is 0.250. The highest BCUT2D eigenvalue weighted by atomic mass is 28.4. The minimum Gasteiger partial charge on any atom is -0.391 e. The number of hydrogen-bond donors (Lipinski definition) is 0. The van der Waals surface area contributed by atoms with Gasteiger partial charge in [0.05, 0.1) is 0 Å². The van der Waals surface area contributed by atoms with Crippen LogP contribution in [-0.2, 0) is 17.7 Å². The second kappa shape index (κ2) is 14.3. The van der Waals surface area contributed by atoms with Gasteiger partial charge < -0.3 is 17.7 Å². The molecule has 0 aliphatic heterocycles. The van der Waals surface area contributed by atoms with Gasteiger partial charge in [-0.2, -0.15) is 0 Å². The van der Waals surface area contributed by atoms with Crippen molar-refractivity contribution in [1.29, 1.82) is 0 Å². The van der Waals surface area contributed by atoms with Crippen molar-refractivity contribution in [3.63, 3.8) is 0 Å². The van der Waals surface area contributed by atoms with Crippen molar-refractivity contribution >= 4 is 37.9 Å². The van der Waals surface area contributed by atoms with Gasteiger partial charge in [-0.1, -0.05) is 109 Å². The molecule has 38 heavy (non-hydrogen) atoms. The average molecular weight is 545 g/mol. The summed E-state index contributed by atoms with van der Waals surface area (Å²) in [5, 5.41) is 4.67. The van der Waals surface area contributed by atoms with Gasteiger partial charge in [0.15, 0.2) is 0 Å². The molecular weight excluding hydrogens is 505 g/mol. The molecule has 0 fully saturated rings.